The maximum atomic E-state index is 9.73. The second-order valence-corrected chi connectivity index (χ2v) is 15.2. The summed E-state index contributed by atoms with van der Waals surface area (Å²) in [5, 5.41) is 9.73. The van der Waals surface area contributed by atoms with Crippen molar-refractivity contribution in [1.82, 2.24) is 9.97 Å². The molecular formula is C53H39N3. The molecule has 7 aromatic carbocycles. The number of aromatic nitrogens is 2. The van der Waals surface area contributed by atoms with Crippen LogP contribution in [0.4, 0.5) is 0 Å². The molecule has 0 unspecified atom stereocenters. The molecule has 0 saturated heterocycles. The van der Waals surface area contributed by atoms with Gasteiger partial charge in [-0.15, -0.1) is 0 Å². The Morgan fingerprint density at radius 1 is 0.393 bits per heavy atom. The third kappa shape index (κ3) is 6.01. The molecular weight excluding hydrogens is 679 g/mol. The first kappa shape index (κ1) is 33.7. The fourth-order valence-electron chi connectivity index (χ4n) is 9.10. The van der Waals surface area contributed by atoms with Gasteiger partial charge in [0.1, 0.15) is 0 Å². The zero-order valence-electron chi connectivity index (χ0n) is 31.1. The van der Waals surface area contributed by atoms with Gasteiger partial charge in [-0.3, -0.25) is 0 Å². The monoisotopic (exact) mass is 717 g/mol. The van der Waals surface area contributed by atoms with Gasteiger partial charge in [0.2, 0.25) is 0 Å². The number of hydrogen-bond donors (Lipinski definition) is 0. The second kappa shape index (κ2) is 14.1. The third-order valence-electron chi connectivity index (χ3n) is 11.9. The van der Waals surface area contributed by atoms with E-state index in [1.165, 1.54) is 63.8 Å². The van der Waals surface area contributed by atoms with Crippen molar-refractivity contribution in [2.24, 2.45) is 0 Å². The predicted octanol–water partition coefficient (Wildman–Crippen LogP) is 13.6. The summed E-state index contributed by atoms with van der Waals surface area (Å²) in [6.45, 7) is 0. The second-order valence-electron chi connectivity index (χ2n) is 15.2. The summed E-state index contributed by atoms with van der Waals surface area (Å²) < 4.78 is 0. The van der Waals surface area contributed by atoms with Gasteiger partial charge in [0.05, 0.1) is 23.0 Å². The highest BCUT2D eigenvalue weighted by molar-refractivity contribution is 5.85. The molecule has 1 saturated carbocycles. The summed E-state index contributed by atoms with van der Waals surface area (Å²) in [7, 11) is 0. The SMILES string of the molecule is N#Cc1ccc2c(c1)C1(CCCCC1)c1cc(-c3ccc(-c4cccc(-c5cccc(-c6cc(-c7ccccc7)nc(-c7ccccc7)n6)c5)c4)cc3)ccc1-2. The van der Waals surface area contributed by atoms with Gasteiger partial charge in [-0.25, -0.2) is 9.97 Å². The molecule has 8 aromatic rings. The average Bonchev–Trinajstić information content (AvgIpc) is 3.54. The lowest BCUT2D eigenvalue weighted by atomic mass is 9.67. The number of rotatable bonds is 6. The van der Waals surface area contributed by atoms with Crippen molar-refractivity contribution in [3.8, 4) is 84.5 Å². The first-order chi connectivity index (χ1) is 27.6. The molecule has 3 heteroatoms. The van der Waals surface area contributed by atoms with Crippen LogP contribution in [0.15, 0.2) is 176 Å². The Labute approximate surface area is 328 Å². The molecule has 0 aliphatic heterocycles. The fraction of sp³-hybridized carbons (Fsp3) is 0.113. The van der Waals surface area contributed by atoms with E-state index in [4.69, 9.17) is 9.97 Å². The van der Waals surface area contributed by atoms with E-state index in [1.54, 1.807) is 0 Å². The summed E-state index contributed by atoms with van der Waals surface area (Å²) in [5.41, 5.74) is 18.2. The van der Waals surface area contributed by atoms with Gasteiger partial charge in [0.25, 0.3) is 0 Å². The van der Waals surface area contributed by atoms with Crippen LogP contribution in [0.25, 0.3) is 78.4 Å². The van der Waals surface area contributed by atoms with Crippen LogP contribution in [-0.4, -0.2) is 9.97 Å². The van der Waals surface area contributed by atoms with Gasteiger partial charge >= 0.3 is 0 Å². The van der Waals surface area contributed by atoms with Crippen LogP contribution in [0.1, 0.15) is 48.8 Å². The van der Waals surface area contributed by atoms with E-state index >= 15 is 0 Å². The zero-order valence-corrected chi connectivity index (χ0v) is 31.1. The molecule has 10 rings (SSSR count). The Bertz CT molecular complexity index is 2710. The van der Waals surface area contributed by atoms with Crippen LogP contribution in [-0.2, 0) is 5.41 Å². The molecule has 1 heterocycles. The standard InChI is InChI=1S/C53H39N3/c54-35-36-20-26-46-47-27-25-44(33-49(47)53(48(46)30-36)28-8-3-9-29-53)38-23-21-37(22-24-38)41-16-10-17-42(31-41)43-18-11-19-45(32-43)51-34-50(39-12-4-1-5-13-39)55-52(56-51)40-14-6-2-7-15-40/h1-2,4-7,10-27,30-34H,3,8-9,28-29H2. The Morgan fingerprint density at radius 2 is 0.875 bits per heavy atom. The van der Waals surface area contributed by atoms with E-state index in [0.717, 1.165) is 57.6 Å². The van der Waals surface area contributed by atoms with Crippen LogP contribution in [0, 0.1) is 11.3 Å². The molecule has 0 N–H and O–H groups in total. The van der Waals surface area contributed by atoms with E-state index in [9.17, 15) is 5.26 Å². The smallest absolute Gasteiger partial charge is 0.160 e. The minimum atomic E-state index is 0.00526. The van der Waals surface area contributed by atoms with E-state index in [0.29, 0.717) is 5.82 Å². The largest absolute Gasteiger partial charge is 0.228 e. The van der Waals surface area contributed by atoms with Crippen LogP contribution < -0.4 is 0 Å². The number of benzene rings is 7. The molecule has 266 valence electrons. The minimum Gasteiger partial charge on any atom is -0.228 e. The normalized spacial score (nSPS) is 13.8. The Kier molecular flexibility index (Phi) is 8.46. The van der Waals surface area contributed by atoms with Crippen molar-refractivity contribution < 1.29 is 0 Å². The van der Waals surface area contributed by atoms with Crippen LogP contribution in [0.3, 0.4) is 0 Å². The topological polar surface area (TPSA) is 49.6 Å². The van der Waals surface area contributed by atoms with Gasteiger partial charge < -0.3 is 0 Å². The Balaban J connectivity index is 0.957. The van der Waals surface area contributed by atoms with Crippen LogP contribution in [0.2, 0.25) is 0 Å². The highest BCUT2D eigenvalue weighted by atomic mass is 14.9. The number of nitrogens with zero attached hydrogens (tertiary/aromatic N) is 3. The predicted molar refractivity (Wildman–Crippen MR) is 229 cm³/mol. The molecule has 1 fully saturated rings. The molecule has 56 heavy (non-hydrogen) atoms. The molecule has 0 bridgehead atoms. The van der Waals surface area contributed by atoms with Gasteiger partial charge in [-0.1, -0.05) is 159 Å². The summed E-state index contributed by atoms with van der Waals surface area (Å²) in [6.07, 6.45) is 6.02. The fourth-order valence-corrected chi connectivity index (χ4v) is 9.10. The lowest BCUT2D eigenvalue weighted by molar-refractivity contribution is 0.353. The quantitative estimate of drug-likeness (QED) is 0.172. The van der Waals surface area contributed by atoms with Gasteiger partial charge in [0, 0.05) is 22.1 Å². The van der Waals surface area contributed by atoms with Gasteiger partial charge in [-0.2, -0.15) is 5.26 Å². The summed E-state index contributed by atoms with van der Waals surface area (Å²) >= 11 is 0. The van der Waals surface area contributed by atoms with E-state index in [1.807, 2.05) is 42.5 Å². The highest BCUT2D eigenvalue weighted by Crippen LogP contribution is 2.56. The minimum absolute atomic E-state index is 0.00526. The van der Waals surface area contributed by atoms with Crippen molar-refractivity contribution in [3.05, 3.63) is 193 Å². The molecule has 0 atom stereocenters. The van der Waals surface area contributed by atoms with Crippen LogP contribution in [0.5, 0.6) is 0 Å². The van der Waals surface area contributed by atoms with E-state index in [2.05, 4.69) is 140 Å². The van der Waals surface area contributed by atoms with Crippen molar-refractivity contribution >= 4 is 0 Å². The van der Waals surface area contributed by atoms with E-state index in [-0.39, 0.29) is 5.41 Å². The molecule has 2 aliphatic carbocycles. The molecule has 0 amide bonds. The van der Waals surface area contributed by atoms with Gasteiger partial charge in [-0.05, 0) is 105 Å². The highest BCUT2D eigenvalue weighted by Gasteiger charge is 2.44. The van der Waals surface area contributed by atoms with Crippen molar-refractivity contribution in [2.45, 2.75) is 37.5 Å². The lowest BCUT2D eigenvalue weighted by Gasteiger charge is -2.36. The first-order valence-corrected chi connectivity index (χ1v) is 19.7. The Hall–Kier alpha value is -6.89. The maximum Gasteiger partial charge on any atom is 0.160 e. The lowest BCUT2D eigenvalue weighted by Crippen LogP contribution is -2.28. The maximum absolute atomic E-state index is 9.73. The molecule has 1 spiro atoms. The summed E-state index contributed by atoms with van der Waals surface area (Å²) in [4.78, 5) is 10.1. The molecule has 0 radical (unpaired) electrons. The first-order valence-electron chi connectivity index (χ1n) is 19.7. The molecule has 3 nitrogen and oxygen atoms in total. The summed E-state index contributed by atoms with van der Waals surface area (Å²) in [5.74, 6) is 0.713. The Morgan fingerprint density at radius 3 is 1.52 bits per heavy atom. The van der Waals surface area contributed by atoms with Gasteiger partial charge in [0.15, 0.2) is 5.82 Å². The zero-order chi connectivity index (χ0) is 37.5. The van der Waals surface area contributed by atoms with E-state index < -0.39 is 0 Å². The van der Waals surface area contributed by atoms with Crippen LogP contribution >= 0.6 is 0 Å². The molecule has 2 aliphatic rings. The molecule has 1 aromatic heterocycles. The number of nitriles is 1. The van der Waals surface area contributed by atoms with Crippen molar-refractivity contribution in [3.63, 3.8) is 0 Å². The number of fused-ring (bicyclic) bond motifs is 5. The third-order valence-corrected chi connectivity index (χ3v) is 11.9. The number of hydrogen-bond acceptors (Lipinski definition) is 3. The average molecular weight is 718 g/mol. The van der Waals surface area contributed by atoms with Crippen molar-refractivity contribution in [2.75, 3.05) is 0 Å². The summed E-state index contributed by atoms with van der Waals surface area (Å²) in [6, 6.07) is 64.9. The van der Waals surface area contributed by atoms with Crippen molar-refractivity contribution in [1.29, 1.82) is 5.26 Å².